The van der Waals surface area contributed by atoms with Crippen LogP contribution in [0.4, 0.5) is 0 Å². The Hall–Kier alpha value is -1.32. The van der Waals surface area contributed by atoms with Crippen molar-refractivity contribution in [3.05, 3.63) is 18.0 Å². The molecule has 1 fully saturated rings. The molecule has 1 N–H and O–H groups in total. The summed E-state index contributed by atoms with van der Waals surface area (Å²) >= 11 is 0. The maximum Gasteiger partial charge on any atom is 0.354 e. The summed E-state index contributed by atoms with van der Waals surface area (Å²) in [6.07, 6.45) is 8.59. The molecule has 0 atom stereocenters. The lowest BCUT2D eigenvalue weighted by molar-refractivity contribution is 0.0679. The number of hydrogen-bond acceptors (Lipinski definition) is 2. The molecule has 4 heteroatoms. The first-order chi connectivity index (χ1) is 7.29. The average Bonchev–Trinajstić information content (AvgIpc) is 2.55. The van der Waals surface area contributed by atoms with E-state index in [4.69, 9.17) is 5.11 Å². The Bertz CT molecular complexity index is 338. The van der Waals surface area contributed by atoms with Crippen molar-refractivity contribution in [2.24, 2.45) is 0 Å². The van der Waals surface area contributed by atoms with Gasteiger partial charge in [-0.15, -0.1) is 0 Å². The summed E-state index contributed by atoms with van der Waals surface area (Å²) in [5, 5.41) is 13.1. The van der Waals surface area contributed by atoms with Crippen LogP contribution in [-0.2, 0) is 0 Å². The molecule has 1 aliphatic carbocycles. The minimum Gasteiger partial charge on any atom is -0.477 e. The Labute approximate surface area is 88.9 Å². The summed E-state index contributed by atoms with van der Waals surface area (Å²) < 4.78 is 1.69. The maximum atomic E-state index is 11.0. The van der Waals surface area contributed by atoms with Gasteiger partial charge in [-0.3, -0.25) is 4.68 Å². The maximum absolute atomic E-state index is 11.0. The molecule has 0 saturated heterocycles. The minimum absolute atomic E-state index is 0.286. The highest BCUT2D eigenvalue weighted by atomic mass is 16.4. The van der Waals surface area contributed by atoms with Crippen molar-refractivity contribution in [3.8, 4) is 0 Å². The van der Waals surface area contributed by atoms with E-state index >= 15 is 0 Å². The number of nitrogens with zero attached hydrogens (tertiary/aromatic N) is 2. The van der Waals surface area contributed by atoms with Crippen LogP contribution in [0.2, 0.25) is 0 Å². The molecule has 0 aliphatic heterocycles. The summed E-state index contributed by atoms with van der Waals surface area (Å²) in [5.74, 6) is -0.878. The highest BCUT2D eigenvalue weighted by Gasteiger charge is 2.19. The second-order valence-electron chi connectivity index (χ2n) is 4.11. The Morgan fingerprint density at radius 1 is 1.33 bits per heavy atom. The summed E-state index contributed by atoms with van der Waals surface area (Å²) in [6.45, 7) is 0. The number of rotatable bonds is 2. The molecule has 1 saturated carbocycles. The zero-order chi connectivity index (χ0) is 10.7. The van der Waals surface area contributed by atoms with E-state index in [-0.39, 0.29) is 6.04 Å². The molecule has 82 valence electrons. The normalized spacial score (nSPS) is 18.7. The fourth-order valence-corrected chi connectivity index (χ4v) is 2.28. The molecular formula is C11H16N2O2. The zero-order valence-electron chi connectivity index (χ0n) is 8.72. The van der Waals surface area contributed by atoms with Crippen LogP contribution >= 0.6 is 0 Å². The predicted octanol–water partition coefficient (Wildman–Crippen LogP) is 2.48. The molecule has 2 rings (SSSR count). The van der Waals surface area contributed by atoms with Crippen LogP contribution in [0.5, 0.6) is 0 Å². The number of carboxylic acid groups (broad SMARTS) is 1. The van der Waals surface area contributed by atoms with Crippen molar-refractivity contribution in [1.82, 2.24) is 9.78 Å². The van der Waals surface area contributed by atoms with Crippen LogP contribution in [0.25, 0.3) is 0 Å². The smallest absolute Gasteiger partial charge is 0.354 e. The average molecular weight is 208 g/mol. The van der Waals surface area contributed by atoms with E-state index < -0.39 is 5.97 Å². The van der Waals surface area contributed by atoms with Gasteiger partial charge in [0.1, 0.15) is 5.69 Å². The molecule has 1 heterocycles. The molecule has 0 spiro atoms. The predicted molar refractivity (Wildman–Crippen MR) is 55.9 cm³/mol. The number of aromatic nitrogens is 2. The van der Waals surface area contributed by atoms with Crippen LogP contribution in [0.3, 0.4) is 0 Å². The topological polar surface area (TPSA) is 55.1 Å². The van der Waals surface area contributed by atoms with E-state index in [0.29, 0.717) is 5.69 Å². The van der Waals surface area contributed by atoms with Crippen molar-refractivity contribution in [3.63, 3.8) is 0 Å². The van der Waals surface area contributed by atoms with E-state index in [0.717, 1.165) is 12.8 Å². The molecule has 0 aromatic carbocycles. The molecule has 0 amide bonds. The van der Waals surface area contributed by atoms with Crippen molar-refractivity contribution in [2.45, 2.75) is 44.6 Å². The molecule has 4 nitrogen and oxygen atoms in total. The quantitative estimate of drug-likeness (QED) is 0.759. The second kappa shape index (κ2) is 4.47. The van der Waals surface area contributed by atoms with Crippen LogP contribution in [0.15, 0.2) is 12.3 Å². The van der Waals surface area contributed by atoms with Gasteiger partial charge in [-0.05, 0) is 18.9 Å². The van der Waals surface area contributed by atoms with Crippen LogP contribution in [-0.4, -0.2) is 20.9 Å². The van der Waals surface area contributed by atoms with Gasteiger partial charge < -0.3 is 5.11 Å². The van der Waals surface area contributed by atoms with Crippen LogP contribution in [0.1, 0.15) is 55.1 Å². The zero-order valence-corrected chi connectivity index (χ0v) is 8.72. The van der Waals surface area contributed by atoms with E-state index in [1.165, 1.54) is 25.7 Å². The molecule has 1 aromatic rings. The van der Waals surface area contributed by atoms with E-state index in [2.05, 4.69) is 5.10 Å². The number of carboxylic acids is 1. The van der Waals surface area contributed by atoms with Gasteiger partial charge in [0, 0.05) is 6.20 Å². The largest absolute Gasteiger partial charge is 0.477 e. The van der Waals surface area contributed by atoms with Gasteiger partial charge in [0.05, 0.1) is 6.04 Å². The van der Waals surface area contributed by atoms with Gasteiger partial charge in [-0.2, -0.15) is 5.10 Å². The SMILES string of the molecule is O=C(O)c1ccnn1C1CCCCCC1. The van der Waals surface area contributed by atoms with Gasteiger partial charge in [0.2, 0.25) is 0 Å². The summed E-state index contributed by atoms with van der Waals surface area (Å²) in [5.41, 5.74) is 0.321. The number of carbonyl (C=O) groups is 1. The van der Waals surface area contributed by atoms with Gasteiger partial charge in [0.15, 0.2) is 0 Å². The molecule has 1 aromatic heterocycles. The molecule has 0 unspecified atom stereocenters. The molecular weight excluding hydrogens is 192 g/mol. The first-order valence-corrected chi connectivity index (χ1v) is 5.56. The Morgan fingerprint density at radius 2 is 2.00 bits per heavy atom. The fourth-order valence-electron chi connectivity index (χ4n) is 2.28. The monoisotopic (exact) mass is 208 g/mol. The van der Waals surface area contributed by atoms with Crippen molar-refractivity contribution in [2.75, 3.05) is 0 Å². The van der Waals surface area contributed by atoms with Gasteiger partial charge in [0.25, 0.3) is 0 Å². The van der Waals surface area contributed by atoms with Crippen molar-refractivity contribution >= 4 is 5.97 Å². The van der Waals surface area contributed by atoms with E-state index in [9.17, 15) is 4.79 Å². The molecule has 0 radical (unpaired) electrons. The van der Waals surface area contributed by atoms with E-state index in [1.807, 2.05) is 0 Å². The highest BCUT2D eigenvalue weighted by molar-refractivity contribution is 5.85. The Kier molecular flexibility index (Phi) is 3.04. The third-order valence-corrected chi connectivity index (χ3v) is 3.06. The van der Waals surface area contributed by atoms with Crippen LogP contribution < -0.4 is 0 Å². The Morgan fingerprint density at radius 3 is 2.60 bits per heavy atom. The van der Waals surface area contributed by atoms with Crippen molar-refractivity contribution < 1.29 is 9.90 Å². The van der Waals surface area contributed by atoms with E-state index in [1.54, 1.807) is 16.9 Å². The summed E-state index contributed by atoms with van der Waals surface area (Å²) in [7, 11) is 0. The van der Waals surface area contributed by atoms with Crippen LogP contribution in [0, 0.1) is 0 Å². The van der Waals surface area contributed by atoms with Gasteiger partial charge in [-0.1, -0.05) is 25.7 Å². The molecule has 1 aliphatic rings. The number of hydrogen-bond donors (Lipinski definition) is 1. The summed E-state index contributed by atoms with van der Waals surface area (Å²) in [4.78, 5) is 11.0. The van der Waals surface area contributed by atoms with Crippen molar-refractivity contribution in [1.29, 1.82) is 0 Å². The third kappa shape index (κ3) is 2.19. The first-order valence-electron chi connectivity index (χ1n) is 5.56. The Balaban J connectivity index is 2.19. The lowest BCUT2D eigenvalue weighted by Gasteiger charge is -2.16. The lowest BCUT2D eigenvalue weighted by Crippen LogP contribution is -2.16. The standard InChI is InChI=1S/C11H16N2O2/c14-11(15)10-7-8-12-13(10)9-5-3-1-2-4-6-9/h7-9H,1-6H2,(H,14,15). The highest BCUT2D eigenvalue weighted by Crippen LogP contribution is 2.27. The molecule has 15 heavy (non-hydrogen) atoms. The van der Waals surface area contributed by atoms with Gasteiger partial charge >= 0.3 is 5.97 Å². The summed E-state index contributed by atoms with van der Waals surface area (Å²) in [6, 6.07) is 1.86. The minimum atomic E-state index is -0.878. The first kappa shape index (κ1) is 10.2. The second-order valence-corrected chi connectivity index (χ2v) is 4.11. The number of aromatic carboxylic acids is 1. The van der Waals surface area contributed by atoms with Gasteiger partial charge in [-0.25, -0.2) is 4.79 Å². The lowest BCUT2D eigenvalue weighted by atomic mass is 10.1. The molecule has 0 bridgehead atoms. The fraction of sp³-hybridized carbons (Fsp3) is 0.636. The third-order valence-electron chi connectivity index (χ3n) is 3.06.